The van der Waals surface area contributed by atoms with E-state index >= 15 is 0 Å². The molecule has 5 heteroatoms. The normalized spacial score (nSPS) is 13.4. The maximum absolute atomic E-state index is 12.6. The van der Waals surface area contributed by atoms with Crippen LogP contribution in [0.4, 0.5) is 0 Å². The Morgan fingerprint density at radius 2 is 1.96 bits per heavy atom. The minimum Gasteiger partial charge on any atom is -0.497 e. The van der Waals surface area contributed by atoms with Gasteiger partial charge < -0.3 is 14.6 Å². The van der Waals surface area contributed by atoms with Gasteiger partial charge in [-0.3, -0.25) is 4.79 Å². The Morgan fingerprint density at radius 3 is 2.68 bits per heavy atom. The number of hydrogen-bond acceptors (Lipinski definition) is 3. The molecule has 0 aliphatic heterocycles. The quantitative estimate of drug-likeness (QED) is 0.750. The molecular formula is C20H23N3O2. The van der Waals surface area contributed by atoms with Gasteiger partial charge in [-0.25, -0.2) is 4.98 Å². The fourth-order valence-electron chi connectivity index (χ4n) is 2.91. The smallest absolute Gasteiger partial charge is 0.227 e. The van der Waals surface area contributed by atoms with E-state index in [0.717, 1.165) is 22.1 Å². The number of nitrogens with one attached hydrogen (secondary N) is 1. The predicted molar refractivity (Wildman–Crippen MR) is 98.7 cm³/mol. The largest absolute Gasteiger partial charge is 0.497 e. The van der Waals surface area contributed by atoms with Gasteiger partial charge in [-0.15, -0.1) is 0 Å². The van der Waals surface area contributed by atoms with Crippen LogP contribution in [0.5, 0.6) is 5.75 Å². The fraction of sp³-hybridized carbons (Fsp3) is 0.300. The van der Waals surface area contributed by atoms with Crippen LogP contribution >= 0.6 is 0 Å². The van der Waals surface area contributed by atoms with Gasteiger partial charge in [0.2, 0.25) is 5.91 Å². The van der Waals surface area contributed by atoms with Gasteiger partial charge in [-0.2, -0.15) is 0 Å². The number of nitrogens with zero attached hydrogens (tertiary/aromatic N) is 2. The summed E-state index contributed by atoms with van der Waals surface area (Å²) >= 11 is 0. The Balaban J connectivity index is 1.69. The number of imidazole rings is 1. The highest BCUT2D eigenvalue weighted by Crippen LogP contribution is 2.25. The lowest BCUT2D eigenvalue weighted by Crippen LogP contribution is -2.37. The molecule has 2 atom stereocenters. The average Bonchev–Trinajstić information content (AvgIpc) is 3.12. The Bertz CT molecular complexity index is 859. The van der Waals surface area contributed by atoms with Crippen LogP contribution in [0, 0.1) is 0 Å². The summed E-state index contributed by atoms with van der Waals surface area (Å²) in [5, 5.41) is 5.28. The molecule has 25 heavy (non-hydrogen) atoms. The van der Waals surface area contributed by atoms with Crippen molar-refractivity contribution >= 4 is 16.7 Å². The first-order valence-electron chi connectivity index (χ1n) is 8.40. The molecule has 0 fully saturated rings. The molecule has 3 rings (SSSR count). The van der Waals surface area contributed by atoms with E-state index in [2.05, 4.69) is 16.4 Å². The second-order valence-electron chi connectivity index (χ2n) is 6.36. The van der Waals surface area contributed by atoms with Crippen LogP contribution in [0.2, 0.25) is 0 Å². The van der Waals surface area contributed by atoms with Gasteiger partial charge in [-0.05, 0) is 42.3 Å². The van der Waals surface area contributed by atoms with E-state index in [-0.39, 0.29) is 17.9 Å². The third kappa shape index (κ3) is 3.99. The molecule has 0 aliphatic carbocycles. The van der Waals surface area contributed by atoms with Crippen molar-refractivity contribution in [3.05, 3.63) is 60.7 Å². The number of fused-ring (bicyclic) bond motifs is 1. The van der Waals surface area contributed by atoms with Crippen molar-refractivity contribution in [2.24, 2.45) is 0 Å². The Kier molecular flexibility index (Phi) is 5.03. The number of rotatable bonds is 6. The van der Waals surface area contributed by atoms with E-state index in [0.29, 0.717) is 6.54 Å². The molecule has 0 radical (unpaired) electrons. The third-order valence-electron chi connectivity index (χ3n) is 4.40. The van der Waals surface area contributed by atoms with Crippen molar-refractivity contribution in [2.45, 2.75) is 32.4 Å². The maximum Gasteiger partial charge on any atom is 0.227 e. The van der Waals surface area contributed by atoms with Gasteiger partial charge in [0.1, 0.15) is 5.75 Å². The molecule has 1 unspecified atom stereocenters. The van der Waals surface area contributed by atoms with Crippen LogP contribution in [0.3, 0.4) is 0 Å². The minimum atomic E-state index is -0.211. The zero-order valence-corrected chi connectivity index (χ0v) is 14.8. The fourth-order valence-corrected chi connectivity index (χ4v) is 2.91. The van der Waals surface area contributed by atoms with Crippen molar-refractivity contribution in [3.63, 3.8) is 0 Å². The molecule has 1 heterocycles. The van der Waals surface area contributed by atoms with Crippen molar-refractivity contribution in [2.75, 3.05) is 7.11 Å². The summed E-state index contributed by atoms with van der Waals surface area (Å²) in [5.74, 6) is 0.650. The first kappa shape index (κ1) is 17.0. The highest BCUT2D eigenvalue weighted by molar-refractivity contribution is 5.88. The molecule has 3 aromatic rings. The Hall–Kier alpha value is -2.82. The summed E-state index contributed by atoms with van der Waals surface area (Å²) < 4.78 is 7.21. The first-order valence-corrected chi connectivity index (χ1v) is 8.40. The lowest BCUT2D eigenvalue weighted by molar-refractivity contribution is -0.122. The number of hydrogen-bond donors (Lipinski definition) is 1. The van der Waals surface area contributed by atoms with Gasteiger partial charge in [0.25, 0.3) is 0 Å². The lowest BCUT2D eigenvalue weighted by atomic mass is 9.96. The molecular weight excluding hydrogens is 314 g/mol. The average molecular weight is 337 g/mol. The standard InChI is InChI=1S/C20H23N3O2/c1-14(12-23-9-8-21-13-23)22-20(24)15(2)16-4-5-18-11-19(25-3)7-6-17(18)10-16/h4-11,13-15H,12H2,1-3H3,(H,22,24)/t14?,15-/m0/s1. The van der Waals surface area contributed by atoms with Gasteiger partial charge in [0, 0.05) is 25.0 Å². The molecule has 1 N–H and O–H groups in total. The predicted octanol–water partition coefficient (Wildman–Crippen LogP) is 3.35. The highest BCUT2D eigenvalue weighted by atomic mass is 16.5. The maximum atomic E-state index is 12.6. The SMILES string of the molecule is COc1ccc2cc([C@H](C)C(=O)NC(C)Cn3ccnc3)ccc2c1. The van der Waals surface area contributed by atoms with Crippen LogP contribution < -0.4 is 10.1 Å². The second kappa shape index (κ2) is 7.38. The number of carbonyl (C=O) groups is 1. The topological polar surface area (TPSA) is 56.1 Å². The summed E-state index contributed by atoms with van der Waals surface area (Å²) in [4.78, 5) is 16.6. The van der Waals surface area contributed by atoms with Crippen LogP contribution in [0.15, 0.2) is 55.1 Å². The molecule has 0 bridgehead atoms. The molecule has 0 saturated carbocycles. The van der Waals surface area contributed by atoms with Crippen LogP contribution in [-0.4, -0.2) is 28.6 Å². The molecule has 1 amide bonds. The molecule has 5 nitrogen and oxygen atoms in total. The summed E-state index contributed by atoms with van der Waals surface area (Å²) in [7, 11) is 1.66. The zero-order chi connectivity index (χ0) is 17.8. The summed E-state index contributed by atoms with van der Waals surface area (Å²) in [6.45, 7) is 4.64. The lowest BCUT2D eigenvalue weighted by Gasteiger charge is -2.18. The Morgan fingerprint density at radius 1 is 1.20 bits per heavy atom. The van der Waals surface area contributed by atoms with Crippen LogP contribution in [0.25, 0.3) is 10.8 Å². The zero-order valence-electron chi connectivity index (χ0n) is 14.8. The number of ether oxygens (including phenoxy) is 1. The number of amides is 1. The number of methoxy groups -OCH3 is 1. The summed E-state index contributed by atoms with van der Waals surface area (Å²) in [5.41, 5.74) is 1.00. The number of carbonyl (C=O) groups excluding carboxylic acids is 1. The summed E-state index contributed by atoms with van der Waals surface area (Å²) in [6, 6.07) is 12.1. The van der Waals surface area contributed by atoms with E-state index in [1.54, 1.807) is 19.6 Å². The van der Waals surface area contributed by atoms with Crippen LogP contribution in [0.1, 0.15) is 25.3 Å². The monoisotopic (exact) mass is 337 g/mol. The highest BCUT2D eigenvalue weighted by Gasteiger charge is 2.17. The second-order valence-corrected chi connectivity index (χ2v) is 6.36. The van der Waals surface area contributed by atoms with Gasteiger partial charge in [0.05, 0.1) is 19.4 Å². The third-order valence-corrected chi connectivity index (χ3v) is 4.40. The molecule has 0 spiro atoms. The number of aromatic nitrogens is 2. The van der Waals surface area contributed by atoms with Crippen molar-refractivity contribution in [1.29, 1.82) is 0 Å². The van der Waals surface area contributed by atoms with Crippen molar-refractivity contribution in [3.8, 4) is 5.75 Å². The van der Waals surface area contributed by atoms with E-state index in [4.69, 9.17) is 4.74 Å². The van der Waals surface area contributed by atoms with E-state index in [1.807, 2.05) is 54.9 Å². The molecule has 2 aromatic carbocycles. The van der Waals surface area contributed by atoms with Crippen molar-refractivity contribution in [1.82, 2.24) is 14.9 Å². The van der Waals surface area contributed by atoms with E-state index < -0.39 is 0 Å². The first-order chi connectivity index (χ1) is 12.1. The molecule has 1 aromatic heterocycles. The van der Waals surface area contributed by atoms with E-state index in [1.165, 1.54) is 0 Å². The van der Waals surface area contributed by atoms with Gasteiger partial charge in [-0.1, -0.05) is 24.3 Å². The van der Waals surface area contributed by atoms with Gasteiger partial charge >= 0.3 is 0 Å². The minimum absolute atomic E-state index is 0.0282. The summed E-state index contributed by atoms with van der Waals surface area (Å²) in [6.07, 6.45) is 5.38. The van der Waals surface area contributed by atoms with E-state index in [9.17, 15) is 4.79 Å². The van der Waals surface area contributed by atoms with Crippen molar-refractivity contribution < 1.29 is 9.53 Å². The molecule has 130 valence electrons. The van der Waals surface area contributed by atoms with Crippen LogP contribution in [-0.2, 0) is 11.3 Å². The number of benzene rings is 2. The Labute approximate surface area is 147 Å². The molecule has 0 saturated heterocycles. The molecule has 0 aliphatic rings. The van der Waals surface area contributed by atoms with Gasteiger partial charge in [0.15, 0.2) is 0 Å².